The van der Waals surface area contributed by atoms with Crippen molar-refractivity contribution in [2.75, 3.05) is 20.3 Å². The van der Waals surface area contributed by atoms with E-state index in [1.165, 1.54) is 0 Å². The summed E-state index contributed by atoms with van der Waals surface area (Å²) in [6, 6.07) is 10.2. The Balaban J connectivity index is 1.89. The van der Waals surface area contributed by atoms with E-state index in [0.717, 1.165) is 0 Å². The van der Waals surface area contributed by atoms with Crippen LogP contribution in [0, 0.1) is 0 Å². The van der Waals surface area contributed by atoms with Gasteiger partial charge in [0, 0.05) is 11.6 Å². The topological polar surface area (TPSA) is 65.0 Å². The zero-order valence-electron chi connectivity index (χ0n) is 13.5. The number of phenolic OH excluding ortho intramolecular Hbond substituents is 1. The summed E-state index contributed by atoms with van der Waals surface area (Å²) in [6.07, 6.45) is 1.71. The van der Waals surface area contributed by atoms with Crippen molar-refractivity contribution in [2.24, 2.45) is 0 Å². The molecule has 5 nitrogen and oxygen atoms in total. The minimum atomic E-state index is -0.0905. The van der Waals surface area contributed by atoms with Crippen LogP contribution in [-0.2, 0) is 0 Å². The molecule has 0 aliphatic carbocycles. The van der Waals surface area contributed by atoms with Crippen LogP contribution < -0.4 is 14.2 Å². The molecule has 0 fully saturated rings. The molecule has 1 aliphatic rings. The highest BCUT2D eigenvalue weighted by atomic mass is 16.5. The Hall–Kier alpha value is -2.95. The molecule has 1 heterocycles. The van der Waals surface area contributed by atoms with Crippen LogP contribution in [0.2, 0.25) is 0 Å². The van der Waals surface area contributed by atoms with Crippen LogP contribution in [0.5, 0.6) is 23.0 Å². The van der Waals surface area contributed by atoms with Crippen LogP contribution in [0.15, 0.2) is 42.0 Å². The lowest BCUT2D eigenvalue weighted by Gasteiger charge is -2.19. The third-order valence-corrected chi connectivity index (χ3v) is 3.73. The molecule has 0 bridgehead atoms. The SMILES string of the molecule is CCOc1ccc(/C=C2\COc3cc(OC)ccc3C2=O)cc1O. The number of ketones is 1. The number of methoxy groups -OCH3 is 1. The van der Waals surface area contributed by atoms with Gasteiger partial charge >= 0.3 is 0 Å². The second-order valence-electron chi connectivity index (χ2n) is 5.31. The Kier molecular flexibility index (Phi) is 4.42. The van der Waals surface area contributed by atoms with Gasteiger partial charge in [0.2, 0.25) is 0 Å². The van der Waals surface area contributed by atoms with Crippen LogP contribution in [0.25, 0.3) is 6.08 Å². The van der Waals surface area contributed by atoms with Crippen LogP contribution in [0.1, 0.15) is 22.8 Å². The van der Waals surface area contributed by atoms with E-state index < -0.39 is 0 Å². The molecule has 1 aliphatic heterocycles. The maximum absolute atomic E-state index is 12.6. The number of carbonyl (C=O) groups is 1. The van der Waals surface area contributed by atoms with Gasteiger partial charge in [-0.1, -0.05) is 6.07 Å². The molecular formula is C19H18O5. The minimum Gasteiger partial charge on any atom is -0.504 e. The normalized spacial score (nSPS) is 14.9. The smallest absolute Gasteiger partial charge is 0.196 e. The van der Waals surface area contributed by atoms with Crippen LogP contribution in [0.3, 0.4) is 0 Å². The molecule has 2 aromatic rings. The number of hydrogen-bond donors (Lipinski definition) is 1. The third kappa shape index (κ3) is 3.06. The van der Waals surface area contributed by atoms with Crippen molar-refractivity contribution in [3.8, 4) is 23.0 Å². The lowest BCUT2D eigenvalue weighted by atomic mass is 9.98. The number of benzene rings is 2. The Morgan fingerprint density at radius 2 is 2.08 bits per heavy atom. The fraction of sp³-hybridized carbons (Fsp3) is 0.211. The van der Waals surface area contributed by atoms with E-state index in [-0.39, 0.29) is 18.1 Å². The van der Waals surface area contributed by atoms with Crippen molar-refractivity contribution < 1.29 is 24.1 Å². The van der Waals surface area contributed by atoms with E-state index in [2.05, 4.69) is 0 Å². The molecule has 0 radical (unpaired) electrons. The van der Waals surface area contributed by atoms with Gasteiger partial charge in [-0.25, -0.2) is 0 Å². The molecule has 0 spiro atoms. The first-order chi connectivity index (χ1) is 11.6. The molecule has 0 unspecified atom stereocenters. The van der Waals surface area contributed by atoms with Gasteiger partial charge in [-0.2, -0.15) is 0 Å². The highest BCUT2D eigenvalue weighted by molar-refractivity contribution is 6.14. The van der Waals surface area contributed by atoms with Gasteiger partial charge in [0.05, 0.1) is 19.3 Å². The number of phenols is 1. The molecular weight excluding hydrogens is 308 g/mol. The van der Waals surface area contributed by atoms with Gasteiger partial charge in [0.25, 0.3) is 0 Å². The molecule has 3 rings (SSSR count). The summed E-state index contributed by atoms with van der Waals surface area (Å²) in [4.78, 5) is 12.6. The van der Waals surface area contributed by atoms with Gasteiger partial charge in [0.15, 0.2) is 17.3 Å². The predicted molar refractivity (Wildman–Crippen MR) is 90.1 cm³/mol. The summed E-state index contributed by atoms with van der Waals surface area (Å²) in [5.41, 5.74) is 1.74. The average Bonchev–Trinajstić information content (AvgIpc) is 2.59. The second-order valence-corrected chi connectivity index (χ2v) is 5.31. The number of carbonyl (C=O) groups excluding carboxylic acids is 1. The largest absolute Gasteiger partial charge is 0.504 e. The summed E-state index contributed by atoms with van der Waals surface area (Å²) in [6.45, 7) is 2.49. The van der Waals surface area contributed by atoms with Gasteiger partial charge < -0.3 is 19.3 Å². The van der Waals surface area contributed by atoms with Crippen molar-refractivity contribution in [1.29, 1.82) is 0 Å². The van der Waals surface area contributed by atoms with E-state index in [4.69, 9.17) is 14.2 Å². The van der Waals surface area contributed by atoms with Gasteiger partial charge in [-0.3, -0.25) is 4.79 Å². The molecule has 0 aromatic heterocycles. The van der Waals surface area contributed by atoms with Crippen LogP contribution in [0.4, 0.5) is 0 Å². The first-order valence-electron chi connectivity index (χ1n) is 7.64. The van der Waals surface area contributed by atoms with Crippen molar-refractivity contribution in [3.63, 3.8) is 0 Å². The molecule has 1 N–H and O–H groups in total. The lowest BCUT2D eigenvalue weighted by molar-refractivity contribution is 0.100. The molecule has 0 saturated carbocycles. The maximum atomic E-state index is 12.6. The zero-order valence-corrected chi connectivity index (χ0v) is 13.5. The number of Topliss-reactive ketones (excluding diaryl/α,β-unsaturated/α-hetero) is 1. The highest BCUT2D eigenvalue weighted by Gasteiger charge is 2.23. The van der Waals surface area contributed by atoms with Crippen LogP contribution in [-0.4, -0.2) is 31.2 Å². The number of hydrogen-bond acceptors (Lipinski definition) is 5. The summed E-state index contributed by atoms with van der Waals surface area (Å²) >= 11 is 0. The quantitative estimate of drug-likeness (QED) is 0.872. The van der Waals surface area contributed by atoms with Gasteiger partial charge in [0.1, 0.15) is 18.1 Å². The standard InChI is InChI=1S/C19H18O5/c1-3-23-17-7-4-12(9-16(17)20)8-13-11-24-18-10-14(22-2)5-6-15(18)19(13)21/h4-10,20H,3,11H2,1-2H3/b13-8+. The Morgan fingerprint density at radius 1 is 1.25 bits per heavy atom. The summed E-state index contributed by atoms with van der Waals surface area (Å²) < 4.78 is 16.1. The monoisotopic (exact) mass is 326 g/mol. The zero-order chi connectivity index (χ0) is 17.1. The highest BCUT2D eigenvalue weighted by Crippen LogP contribution is 2.32. The molecule has 0 amide bonds. The first kappa shape index (κ1) is 15.9. The fourth-order valence-electron chi connectivity index (χ4n) is 2.54. The van der Waals surface area contributed by atoms with E-state index in [9.17, 15) is 9.90 Å². The van der Waals surface area contributed by atoms with Crippen molar-refractivity contribution in [3.05, 3.63) is 53.1 Å². The summed E-state index contributed by atoms with van der Waals surface area (Å²) in [5, 5.41) is 9.95. The average molecular weight is 326 g/mol. The summed E-state index contributed by atoms with van der Waals surface area (Å²) in [7, 11) is 1.57. The number of fused-ring (bicyclic) bond motifs is 1. The van der Waals surface area contributed by atoms with Crippen molar-refractivity contribution >= 4 is 11.9 Å². The van der Waals surface area contributed by atoms with E-state index in [1.54, 1.807) is 49.6 Å². The van der Waals surface area contributed by atoms with Crippen LogP contribution >= 0.6 is 0 Å². The molecule has 5 heteroatoms. The Bertz CT molecular complexity index is 807. The third-order valence-electron chi connectivity index (χ3n) is 3.73. The Labute approximate surface area is 140 Å². The lowest BCUT2D eigenvalue weighted by Crippen LogP contribution is -2.19. The second kappa shape index (κ2) is 6.66. The maximum Gasteiger partial charge on any atom is 0.196 e. The van der Waals surface area contributed by atoms with Gasteiger partial charge in [-0.05, 0) is 42.8 Å². The Morgan fingerprint density at radius 3 is 2.79 bits per heavy atom. The van der Waals surface area contributed by atoms with Crippen molar-refractivity contribution in [2.45, 2.75) is 6.92 Å². The molecule has 124 valence electrons. The van der Waals surface area contributed by atoms with Gasteiger partial charge in [-0.15, -0.1) is 0 Å². The molecule has 24 heavy (non-hydrogen) atoms. The predicted octanol–water partition coefficient (Wildman–Crippen LogP) is 3.46. The van der Waals surface area contributed by atoms with Crippen molar-refractivity contribution in [1.82, 2.24) is 0 Å². The minimum absolute atomic E-state index is 0.0421. The molecule has 0 saturated heterocycles. The number of rotatable bonds is 4. The molecule has 2 aromatic carbocycles. The number of ether oxygens (including phenoxy) is 3. The van der Waals surface area contributed by atoms with E-state index >= 15 is 0 Å². The first-order valence-corrected chi connectivity index (χ1v) is 7.64. The fourth-order valence-corrected chi connectivity index (χ4v) is 2.54. The summed E-state index contributed by atoms with van der Waals surface area (Å²) in [5.74, 6) is 1.53. The van der Waals surface area contributed by atoms with E-state index in [1.807, 2.05) is 6.92 Å². The number of aromatic hydroxyl groups is 1. The van der Waals surface area contributed by atoms with E-state index in [0.29, 0.717) is 40.6 Å². The molecule has 0 atom stereocenters.